The molecule has 0 aromatic carbocycles. The molecule has 73 heavy (non-hydrogen) atoms. The van der Waals surface area contributed by atoms with Crippen LogP contribution in [0.25, 0.3) is 0 Å². The summed E-state index contributed by atoms with van der Waals surface area (Å²) in [5.41, 5.74) is 0. The van der Waals surface area contributed by atoms with Crippen LogP contribution >= 0.6 is 0 Å². The van der Waals surface area contributed by atoms with E-state index in [1.165, 1.54) is 128 Å². The molecule has 2 heterocycles. The van der Waals surface area contributed by atoms with Gasteiger partial charge in [0.2, 0.25) is 0 Å². The van der Waals surface area contributed by atoms with Crippen molar-refractivity contribution in [3.05, 3.63) is 24.3 Å². The average molecular weight is 1040 g/mol. The van der Waals surface area contributed by atoms with Crippen molar-refractivity contribution < 1.29 is 73.8 Å². The third kappa shape index (κ3) is 32.4. The van der Waals surface area contributed by atoms with Gasteiger partial charge < -0.3 is 64.2 Å². The molecule has 2 fully saturated rings. The Hall–Kier alpha value is -2.02. The highest BCUT2D eigenvalue weighted by Crippen LogP contribution is 2.27. The smallest absolute Gasteiger partial charge is 0.306 e. The molecule has 0 aromatic rings. The van der Waals surface area contributed by atoms with Gasteiger partial charge in [-0.2, -0.15) is 0 Å². The number of unbranched alkanes of at least 4 members (excludes halogenated alkanes) is 29. The minimum Gasteiger partial charge on any atom is -0.462 e. The zero-order valence-electron chi connectivity index (χ0n) is 45.6. The average Bonchev–Trinajstić information content (AvgIpc) is 3.38. The van der Waals surface area contributed by atoms with Crippen LogP contribution in [0.15, 0.2) is 24.3 Å². The molecule has 0 radical (unpaired) electrons. The van der Waals surface area contributed by atoms with Gasteiger partial charge in [0, 0.05) is 12.8 Å². The van der Waals surface area contributed by atoms with Crippen molar-refractivity contribution in [2.75, 3.05) is 26.4 Å². The fourth-order valence-corrected chi connectivity index (χ4v) is 9.37. The standard InChI is InChI=1S/C58H106O15/c1-3-5-7-9-11-13-15-17-18-19-20-21-22-23-24-25-26-27-29-30-32-34-36-38-40-49(60)68-43-46(71-50(61)41-39-37-35-33-31-28-16-14-12-10-8-6-4-2)44-69-57-56(67)54(65)52(63)48(73-57)45-70-58-55(66)53(64)51(62)47(42-59)72-58/h8,10,14,16,46-48,51-59,62-67H,3-7,9,11-13,15,17-45H2,1-2H3/b10-8-,16-14-. The number of hydrogen-bond donors (Lipinski definition) is 7. The summed E-state index contributed by atoms with van der Waals surface area (Å²) in [6.45, 7) is 2.55. The summed E-state index contributed by atoms with van der Waals surface area (Å²) in [4.78, 5) is 25.8. The normalized spacial score (nSPS) is 24.9. The van der Waals surface area contributed by atoms with Crippen LogP contribution in [0.1, 0.15) is 239 Å². The number of allylic oxidation sites excluding steroid dienone is 4. The van der Waals surface area contributed by atoms with Gasteiger partial charge in [-0.3, -0.25) is 9.59 Å². The molecule has 0 amide bonds. The summed E-state index contributed by atoms with van der Waals surface area (Å²) in [7, 11) is 0. The maximum atomic E-state index is 13.0. The van der Waals surface area contributed by atoms with E-state index in [2.05, 4.69) is 38.2 Å². The fraction of sp³-hybridized carbons (Fsp3) is 0.897. The zero-order chi connectivity index (χ0) is 53.2. The Morgan fingerprint density at radius 3 is 1.33 bits per heavy atom. The molecule has 0 spiro atoms. The van der Waals surface area contributed by atoms with Crippen LogP contribution < -0.4 is 0 Å². The lowest BCUT2D eigenvalue weighted by Gasteiger charge is -2.42. The van der Waals surface area contributed by atoms with Crippen LogP contribution in [0.2, 0.25) is 0 Å². The zero-order valence-corrected chi connectivity index (χ0v) is 45.6. The molecule has 7 N–H and O–H groups in total. The van der Waals surface area contributed by atoms with E-state index in [9.17, 15) is 45.3 Å². The van der Waals surface area contributed by atoms with E-state index >= 15 is 0 Å². The second-order valence-corrected chi connectivity index (χ2v) is 20.8. The van der Waals surface area contributed by atoms with Gasteiger partial charge in [-0.15, -0.1) is 0 Å². The predicted octanol–water partition coefficient (Wildman–Crippen LogP) is 9.89. The largest absolute Gasteiger partial charge is 0.462 e. The number of hydrogen-bond acceptors (Lipinski definition) is 15. The van der Waals surface area contributed by atoms with Gasteiger partial charge in [-0.05, 0) is 38.5 Å². The second-order valence-electron chi connectivity index (χ2n) is 20.8. The van der Waals surface area contributed by atoms with E-state index in [0.717, 1.165) is 70.6 Å². The van der Waals surface area contributed by atoms with Gasteiger partial charge in [-0.25, -0.2) is 0 Å². The second kappa shape index (κ2) is 45.0. The van der Waals surface area contributed by atoms with Crippen molar-refractivity contribution in [1.29, 1.82) is 0 Å². The van der Waals surface area contributed by atoms with E-state index in [-0.39, 0.29) is 26.1 Å². The minimum absolute atomic E-state index is 0.152. The van der Waals surface area contributed by atoms with Crippen molar-refractivity contribution in [2.45, 2.75) is 306 Å². The highest BCUT2D eigenvalue weighted by atomic mass is 16.7. The lowest BCUT2D eigenvalue weighted by atomic mass is 9.98. The Kier molecular flexibility index (Phi) is 41.4. The Morgan fingerprint density at radius 2 is 0.849 bits per heavy atom. The molecular formula is C58H106O15. The van der Waals surface area contributed by atoms with E-state index in [1.54, 1.807) is 0 Å². The van der Waals surface area contributed by atoms with Gasteiger partial charge >= 0.3 is 11.9 Å². The van der Waals surface area contributed by atoms with Crippen LogP contribution in [-0.4, -0.2) is 142 Å². The summed E-state index contributed by atoms with van der Waals surface area (Å²) >= 11 is 0. The number of carbonyl (C=O) groups is 2. The van der Waals surface area contributed by atoms with Crippen LogP contribution in [0, 0.1) is 0 Å². The van der Waals surface area contributed by atoms with Gasteiger partial charge in [0.1, 0.15) is 55.4 Å². The monoisotopic (exact) mass is 1040 g/mol. The highest BCUT2D eigenvalue weighted by molar-refractivity contribution is 5.70. The third-order valence-electron chi connectivity index (χ3n) is 14.2. The summed E-state index contributed by atoms with van der Waals surface area (Å²) in [6.07, 6.45) is 32.2. The van der Waals surface area contributed by atoms with Crippen LogP contribution in [0.3, 0.4) is 0 Å². The molecule has 15 heteroatoms. The molecule has 0 aliphatic carbocycles. The van der Waals surface area contributed by atoms with E-state index in [4.69, 9.17) is 28.4 Å². The highest BCUT2D eigenvalue weighted by Gasteiger charge is 2.47. The Balaban J connectivity index is 1.70. The predicted molar refractivity (Wildman–Crippen MR) is 284 cm³/mol. The molecule has 2 aliphatic rings. The van der Waals surface area contributed by atoms with Crippen LogP contribution in [0.4, 0.5) is 0 Å². The summed E-state index contributed by atoms with van der Waals surface area (Å²) < 4.78 is 33.7. The van der Waals surface area contributed by atoms with Crippen molar-refractivity contribution >= 4 is 11.9 Å². The maximum Gasteiger partial charge on any atom is 0.306 e. The first-order valence-corrected chi connectivity index (χ1v) is 29.4. The van der Waals surface area contributed by atoms with E-state index in [0.29, 0.717) is 12.8 Å². The molecule has 15 nitrogen and oxygen atoms in total. The number of rotatable bonds is 47. The first kappa shape index (κ1) is 67.1. The number of esters is 2. The maximum absolute atomic E-state index is 13.0. The topological polar surface area (TPSA) is 231 Å². The Bertz CT molecular complexity index is 1360. The molecule has 2 aliphatic heterocycles. The van der Waals surface area contributed by atoms with Gasteiger partial charge in [0.05, 0.1) is 19.8 Å². The Labute approximate surface area is 441 Å². The molecule has 11 unspecified atom stereocenters. The first-order chi connectivity index (χ1) is 35.5. The summed E-state index contributed by atoms with van der Waals surface area (Å²) in [5.74, 6) is -0.930. The number of aliphatic hydroxyl groups is 7. The van der Waals surface area contributed by atoms with Crippen molar-refractivity contribution in [3.8, 4) is 0 Å². The van der Waals surface area contributed by atoms with E-state index < -0.39 is 92.7 Å². The van der Waals surface area contributed by atoms with Crippen molar-refractivity contribution in [2.24, 2.45) is 0 Å². The van der Waals surface area contributed by atoms with Gasteiger partial charge in [-0.1, -0.05) is 212 Å². The van der Waals surface area contributed by atoms with Crippen LogP contribution in [0.5, 0.6) is 0 Å². The molecule has 11 atom stereocenters. The molecule has 0 saturated carbocycles. The van der Waals surface area contributed by atoms with Crippen molar-refractivity contribution in [3.63, 3.8) is 0 Å². The number of carbonyl (C=O) groups excluding carboxylic acids is 2. The lowest BCUT2D eigenvalue weighted by molar-refractivity contribution is -0.332. The fourth-order valence-electron chi connectivity index (χ4n) is 9.37. The quantitative estimate of drug-likeness (QED) is 0.0171. The molecule has 0 bridgehead atoms. The third-order valence-corrected chi connectivity index (χ3v) is 14.2. The lowest BCUT2D eigenvalue weighted by Crippen LogP contribution is -2.61. The Morgan fingerprint density at radius 1 is 0.438 bits per heavy atom. The van der Waals surface area contributed by atoms with Gasteiger partial charge in [0.15, 0.2) is 18.7 Å². The summed E-state index contributed by atoms with van der Waals surface area (Å²) in [6, 6.07) is 0. The van der Waals surface area contributed by atoms with Gasteiger partial charge in [0.25, 0.3) is 0 Å². The van der Waals surface area contributed by atoms with Crippen LogP contribution in [-0.2, 0) is 38.0 Å². The van der Waals surface area contributed by atoms with Crippen molar-refractivity contribution in [1.82, 2.24) is 0 Å². The molecule has 2 saturated heterocycles. The molecular weight excluding hydrogens is 937 g/mol. The minimum atomic E-state index is -1.77. The molecule has 2 rings (SSSR count). The summed E-state index contributed by atoms with van der Waals surface area (Å²) in [5, 5.41) is 72.2. The molecule has 428 valence electrons. The number of ether oxygens (including phenoxy) is 6. The SMILES string of the molecule is CCC/C=C\C/C=C\CCCCCCCC(=O)OC(COC(=O)CCCCCCCCCCCCCCCCCCCCCCCCCC)COC1OC(COC2OC(CO)C(O)C(O)C2O)C(O)C(O)C1O. The molecule has 0 aromatic heterocycles. The van der Waals surface area contributed by atoms with E-state index in [1.807, 2.05) is 0 Å². The number of aliphatic hydroxyl groups excluding tert-OH is 7. The first-order valence-electron chi connectivity index (χ1n) is 29.4.